The van der Waals surface area contributed by atoms with Crippen LogP contribution in [0.15, 0.2) is 30.3 Å². The van der Waals surface area contributed by atoms with Crippen LogP contribution in [0.25, 0.3) is 0 Å². The van der Waals surface area contributed by atoms with Crippen molar-refractivity contribution in [1.82, 2.24) is 5.32 Å². The number of anilines is 1. The summed E-state index contributed by atoms with van der Waals surface area (Å²) in [5.74, 6) is -0.951. The number of benzene rings is 1. The molecule has 1 aliphatic carbocycles. The van der Waals surface area contributed by atoms with Gasteiger partial charge in [-0.3, -0.25) is 4.79 Å². The largest absolute Gasteiger partial charge is 0.481 e. The van der Waals surface area contributed by atoms with Crippen molar-refractivity contribution in [3.05, 3.63) is 30.3 Å². The van der Waals surface area contributed by atoms with E-state index in [1.54, 1.807) is 0 Å². The molecular formula is C15H20N2O2. The van der Waals surface area contributed by atoms with Crippen molar-refractivity contribution < 1.29 is 9.90 Å². The third kappa shape index (κ3) is 3.07. The minimum Gasteiger partial charge on any atom is -0.481 e. The van der Waals surface area contributed by atoms with Gasteiger partial charge in [0.2, 0.25) is 0 Å². The van der Waals surface area contributed by atoms with Crippen LogP contribution in [0.1, 0.15) is 19.3 Å². The molecule has 0 bridgehead atoms. The SMILES string of the molecule is O=C(O)C1CC(NC2CC2)CN(c2ccccc2)C1. The molecule has 0 spiro atoms. The molecule has 1 aromatic rings. The molecule has 1 heterocycles. The Bertz CT molecular complexity index is 445. The molecule has 0 radical (unpaired) electrons. The molecule has 102 valence electrons. The number of nitrogens with zero attached hydrogens (tertiary/aromatic N) is 1. The number of para-hydroxylation sites is 1. The van der Waals surface area contributed by atoms with Crippen molar-refractivity contribution in [3.63, 3.8) is 0 Å². The summed E-state index contributed by atoms with van der Waals surface area (Å²) in [4.78, 5) is 13.5. The van der Waals surface area contributed by atoms with Gasteiger partial charge in [0.15, 0.2) is 0 Å². The molecule has 2 unspecified atom stereocenters. The van der Waals surface area contributed by atoms with E-state index in [2.05, 4.69) is 22.3 Å². The maximum atomic E-state index is 11.3. The van der Waals surface area contributed by atoms with Gasteiger partial charge in [0, 0.05) is 30.9 Å². The highest BCUT2D eigenvalue weighted by atomic mass is 16.4. The third-order valence-corrected chi connectivity index (χ3v) is 3.97. The van der Waals surface area contributed by atoms with Crippen LogP contribution in [0.2, 0.25) is 0 Å². The summed E-state index contributed by atoms with van der Waals surface area (Å²) >= 11 is 0. The summed E-state index contributed by atoms with van der Waals surface area (Å²) in [5, 5.41) is 12.9. The Balaban J connectivity index is 1.73. The number of carboxylic acids is 1. The lowest BCUT2D eigenvalue weighted by Crippen LogP contribution is -2.51. The summed E-state index contributed by atoms with van der Waals surface area (Å²) in [6, 6.07) is 11.0. The molecule has 4 heteroatoms. The molecule has 0 aromatic heterocycles. The van der Waals surface area contributed by atoms with Gasteiger partial charge in [0.25, 0.3) is 0 Å². The van der Waals surface area contributed by atoms with Crippen molar-refractivity contribution in [2.45, 2.75) is 31.3 Å². The second-order valence-corrected chi connectivity index (χ2v) is 5.65. The number of aliphatic carboxylic acids is 1. The standard InChI is InChI=1S/C15H20N2O2/c18-15(19)11-8-13(16-12-6-7-12)10-17(9-11)14-4-2-1-3-5-14/h1-5,11-13,16H,6-10H2,(H,18,19). The number of carboxylic acid groups (broad SMARTS) is 1. The number of hydrogen-bond donors (Lipinski definition) is 2. The van der Waals surface area contributed by atoms with Crippen molar-refractivity contribution in [3.8, 4) is 0 Å². The Labute approximate surface area is 113 Å². The lowest BCUT2D eigenvalue weighted by molar-refractivity contribution is -0.142. The van der Waals surface area contributed by atoms with E-state index in [1.165, 1.54) is 12.8 Å². The van der Waals surface area contributed by atoms with Gasteiger partial charge in [-0.05, 0) is 31.4 Å². The Hall–Kier alpha value is -1.55. The molecule has 2 N–H and O–H groups in total. The smallest absolute Gasteiger partial charge is 0.308 e. The predicted molar refractivity (Wildman–Crippen MR) is 74.3 cm³/mol. The highest BCUT2D eigenvalue weighted by Gasteiger charge is 2.34. The Morgan fingerprint density at radius 1 is 1.16 bits per heavy atom. The minimum absolute atomic E-state index is 0.273. The van der Waals surface area contributed by atoms with E-state index in [0.717, 1.165) is 18.7 Å². The van der Waals surface area contributed by atoms with Gasteiger partial charge in [0.05, 0.1) is 5.92 Å². The zero-order chi connectivity index (χ0) is 13.2. The summed E-state index contributed by atoms with van der Waals surface area (Å²) < 4.78 is 0. The molecule has 2 aliphatic rings. The van der Waals surface area contributed by atoms with E-state index in [1.807, 2.05) is 18.2 Å². The molecule has 2 atom stereocenters. The predicted octanol–water partition coefficient (Wildman–Crippen LogP) is 1.72. The highest BCUT2D eigenvalue weighted by Crippen LogP contribution is 2.26. The molecule has 3 rings (SSSR count). The number of carbonyl (C=O) groups is 1. The first-order valence-corrected chi connectivity index (χ1v) is 7.01. The van der Waals surface area contributed by atoms with E-state index in [0.29, 0.717) is 18.6 Å². The fraction of sp³-hybridized carbons (Fsp3) is 0.533. The van der Waals surface area contributed by atoms with Crippen molar-refractivity contribution in [1.29, 1.82) is 0 Å². The molecule has 2 fully saturated rings. The third-order valence-electron chi connectivity index (χ3n) is 3.97. The van der Waals surface area contributed by atoms with E-state index in [4.69, 9.17) is 0 Å². The van der Waals surface area contributed by atoms with Crippen LogP contribution in [0.3, 0.4) is 0 Å². The van der Waals surface area contributed by atoms with Gasteiger partial charge >= 0.3 is 5.97 Å². The molecule has 1 saturated heterocycles. The van der Waals surface area contributed by atoms with Gasteiger partial charge < -0.3 is 15.3 Å². The topological polar surface area (TPSA) is 52.6 Å². The number of hydrogen-bond acceptors (Lipinski definition) is 3. The molecule has 1 aliphatic heterocycles. The van der Waals surface area contributed by atoms with Crippen LogP contribution < -0.4 is 10.2 Å². The molecule has 4 nitrogen and oxygen atoms in total. The van der Waals surface area contributed by atoms with Gasteiger partial charge in [0.1, 0.15) is 0 Å². The van der Waals surface area contributed by atoms with Crippen molar-refractivity contribution in [2.75, 3.05) is 18.0 Å². The average molecular weight is 260 g/mol. The second kappa shape index (κ2) is 5.21. The number of rotatable bonds is 4. The summed E-state index contributed by atoms with van der Waals surface area (Å²) in [5.41, 5.74) is 1.12. The van der Waals surface area contributed by atoms with Crippen LogP contribution >= 0.6 is 0 Å². The number of piperidine rings is 1. The fourth-order valence-corrected chi connectivity index (χ4v) is 2.83. The molecule has 1 saturated carbocycles. The van der Waals surface area contributed by atoms with Crippen LogP contribution in [0.4, 0.5) is 5.69 Å². The van der Waals surface area contributed by atoms with Gasteiger partial charge in [-0.15, -0.1) is 0 Å². The van der Waals surface area contributed by atoms with Gasteiger partial charge in [-0.25, -0.2) is 0 Å². The number of nitrogens with one attached hydrogen (secondary N) is 1. The van der Waals surface area contributed by atoms with Crippen LogP contribution in [0, 0.1) is 5.92 Å². The van der Waals surface area contributed by atoms with Gasteiger partial charge in [-0.2, -0.15) is 0 Å². The Kier molecular flexibility index (Phi) is 3.42. The Morgan fingerprint density at radius 2 is 1.89 bits per heavy atom. The lowest BCUT2D eigenvalue weighted by atomic mass is 9.93. The lowest BCUT2D eigenvalue weighted by Gasteiger charge is -2.38. The first kappa shape index (κ1) is 12.5. The molecule has 19 heavy (non-hydrogen) atoms. The molecule has 0 amide bonds. The summed E-state index contributed by atoms with van der Waals surface area (Å²) in [6.45, 7) is 1.52. The normalized spacial score (nSPS) is 27.3. The maximum Gasteiger partial charge on any atom is 0.308 e. The van der Waals surface area contributed by atoms with Crippen molar-refractivity contribution >= 4 is 11.7 Å². The quantitative estimate of drug-likeness (QED) is 0.865. The summed E-state index contributed by atoms with van der Waals surface area (Å²) in [7, 11) is 0. The van der Waals surface area contributed by atoms with E-state index >= 15 is 0 Å². The molecular weight excluding hydrogens is 240 g/mol. The van der Waals surface area contributed by atoms with E-state index in [-0.39, 0.29) is 5.92 Å². The van der Waals surface area contributed by atoms with Crippen LogP contribution in [-0.2, 0) is 4.79 Å². The van der Waals surface area contributed by atoms with Gasteiger partial charge in [-0.1, -0.05) is 18.2 Å². The van der Waals surface area contributed by atoms with E-state index < -0.39 is 5.97 Å². The monoisotopic (exact) mass is 260 g/mol. The first-order valence-electron chi connectivity index (χ1n) is 7.01. The van der Waals surface area contributed by atoms with Crippen molar-refractivity contribution in [2.24, 2.45) is 5.92 Å². The maximum absolute atomic E-state index is 11.3. The second-order valence-electron chi connectivity index (χ2n) is 5.65. The van der Waals surface area contributed by atoms with Crippen LogP contribution in [0.5, 0.6) is 0 Å². The molecule has 1 aromatic carbocycles. The summed E-state index contributed by atoms with van der Waals surface area (Å²) in [6.07, 6.45) is 3.22. The Morgan fingerprint density at radius 3 is 2.53 bits per heavy atom. The minimum atomic E-state index is -0.678. The zero-order valence-corrected chi connectivity index (χ0v) is 11.0. The highest BCUT2D eigenvalue weighted by molar-refractivity contribution is 5.71. The van der Waals surface area contributed by atoms with Crippen LogP contribution in [-0.4, -0.2) is 36.2 Å². The fourth-order valence-electron chi connectivity index (χ4n) is 2.83. The first-order chi connectivity index (χ1) is 9.22. The average Bonchev–Trinajstić information content (AvgIpc) is 3.23. The van der Waals surface area contributed by atoms with E-state index in [9.17, 15) is 9.90 Å². The zero-order valence-electron chi connectivity index (χ0n) is 11.0.